The molecule has 1 atom stereocenters. The highest BCUT2D eigenvalue weighted by Crippen LogP contribution is 2.34. The van der Waals surface area contributed by atoms with E-state index in [1.807, 2.05) is 6.07 Å². The molecular weight excluding hydrogens is 382 g/mol. The zero-order chi connectivity index (χ0) is 15.0. The molecule has 0 radical (unpaired) electrons. The van der Waals surface area contributed by atoms with Crippen LogP contribution < -0.4 is 10.1 Å². The van der Waals surface area contributed by atoms with Gasteiger partial charge >= 0.3 is 0 Å². The average molecular weight is 405 g/mol. The summed E-state index contributed by atoms with van der Waals surface area (Å²) >= 11 is 7.10. The molecule has 0 saturated carbocycles. The Balaban J connectivity index is 2.88. The summed E-state index contributed by atoms with van der Waals surface area (Å²) in [7, 11) is 0. The van der Waals surface area contributed by atoms with E-state index in [0.717, 1.165) is 46.3 Å². The van der Waals surface area contributed by atoms with Crippen LogP contribution in [0.1, 0.15) is 39.2 Å². The molecule has 0 saturated heterocycles. The maximum atomic E-state index is 5.85. The van der Waals surface area contributed by atoms with Gasteiger partial charge in [-0.3, -0.25) is 0 Å². The largest absolute Gasteiger partial charge is 0.492 e. The Morgan fingerprint density at radius 2 is 2.00 bits per heavy atom. The summed E-state index contributed by atoms with van der Waals surface area (Å²) < 4.78 is 7.87. The Bertz CT molecular complexity index is 446. The molecule has 1 unspecified atom stereocenters. The number of halogens is 2. The number of nitrogens with one attached hydrogen (secondary N) is 1. The van der Waals surface area contributed by atoms with E-state index >= 15 is 0 Å². The molecule has 1 aromatic rings. The molecule has 0 heterocycles. The van der Waals surface area contributed by atoms with E-state index in [2.05, 4.69) is 76.2 Å². The van der Waals surface area contributed by atoms with Crippen LogP contribution in [0, 0.1) is 0 Å². The van der Waals surface area contributed by atoms with Crippen LogP contribution in [0.4, 0.5) is 0 Å². The molecule has 1 aromatic carbocycles. The molecule has 0 spiro atoms. The molecule has 0 bridgehead atoms. The molecule has 1 rings (SSSR count). The smallest absolute Gasteiger partial charge is 0.140 e. The van der Waals surface area contributed by atoms with Crippen molar-refractivity contribution in [3.8, 4) is 5.75 Å². The van der Waals surface area contributed by atoms with Crippen molar-refractivity contribution in [2.24, 2.45) is 0 Å². The molecule has 2 nitrogen and oxygen atoms in total. The molecule has 112 valence electrons. The van der Waals surface area contributed by atoms with Crippen molar-refractivity contribution in [3.05, 3.63) is 32.7 Å². The van der Waals surface area contributed by atoms with Gasteiger partial charge in [-0.05, 0) is 54.4 Å². The zero-order valence-electron chi connectivity index (χ0n) is 12.4. The van der Waals surface area contributed by atoms with Gasteiger partial charge in [0.25, 0.3) is 0 Å². The van der Waals surface area contributed by atoms with Crippen molar-refractivity contribution in [1.29, 1.82) is 0 Å². The summed E-state index contributed by atoms with van der Waals surface area (Å²) in [5, 5.41) is 3.44. The minimum atomic E-state index is 0.353. The number of ether oxygens (including phenoxy) is 1. The quantitative estimate of drug-likeness (QED) is 0.625. The van der Waals surface area contributed by atoms with Crippen molar-refractivity contribution >= 4 is 37.9 Å². The number of hydrogen-bond donors (Lipinski definition) is 1. The Labute approximate surface area is 139 Å². The van der Waals surface area contributed by atoms with E-state index in [-0.39, 0.29) is 0 Å². The highest BCUT2D eigenvalue weighted by molar-refractivity contribution is 9.11. The van der Waals surface area contributed by atoms with E-state index in [0.29, 0.717) is 6.04 Å². The van der Waals surface area contributed by atoms with Gasteiger partial charge in [-0.2, -0.15) is 0 Å². The first-order valence-corrected chi connectivity index (χ1v) is 8.70. The Morgan fingerprint density at radius 1 is 1.25 bits per heavy atom. The summed E-state index contributed by atoms with van der Waals surface area (Å²) in [5.41, 5.74) is 1.09. The van der Waals surface area contributed by atoms with Crippen molar-refractivity contribution in [3.63, 3.8) is 0 Å². The summed E-state index contributed by atoms with van der Waals surface area (Å²) in [6, 6.07) is 4.45. The van der Waals surface area contributed by atoms with E-state index < -0.39 is 0 Å². The fraction of sp³-hybridized carbons (Fsp3) is 0.500. The molecule has 1 N–H and O–H groups in total. The van der Waals surface area contributed by atoms with Crippen LogP contribution in [0.25, 0.3) is 6.08 Å². The lowest BCUT2D eigenvalue weighted by molar-refractivity contribution is 0.315. The highest BCUT2D eigenvalue weighted by Gasteiger charge is 2.08. The van der Waals surface area contributed by atoms with Gasteiger partial charge in [0.05, 0.1) is 11.1 Å². The SMILES string of the molecule is CCCNC(C)/C=C/c1cc(Br)cc(Br)c1OCCC. The molecule has 0 fully saturated rings. The Morgan fingerprint density at radius 3 is 2.65 bits per heavy atom. The van der Waals surface area contributed by atoms with E-state index in [1.54, 1.807) is 0 Å². The third kappa shape index (κ3) is 5.98. The molecular formula is C16H23Br2NO. The van der Waals surface area contributed by atoms with Crippen molar-refractivity contribution in [1.82, 2.24) is 5.32 Å². The zero-order valence-corrected chi connectivity index (χ0v) is 15.6. The van der Waals surface area contributed by atoms with Gasteiger partial charge in [0, 0.05) is 16.1 Å². The van der Waals surface area contributed by atoms with Crippen LogP contribution in [-0.2, 0) is 0 Å². The summed E-state index contributed by atoms with van der Waals surface area (Å²) in [6.07, 6.45) is 6.43. The molecule has 0 aliphatic heterocycles. The van der Waals surface area contributed by atoms with Crippen molar-refractivity contribution in [2.45, 2.75) is 39.7 Å². The summed E-state index contributed by atoms with van der Waals surface area (Å²) in [4.78, 5) is 0. The van der Waals surface area contributed by atoms with Gasteiger partial charge in [-0.1, -0.05) is 41.9 Å². The van der Waals surface area contributed by atoms with Crippen molar-refractivity contribution in [2.75, 3.05) is 13.2 Å². The molecule has 0 aromatic heterocycles. The first-order chi connectivity index (χ1) is 9.58. The van der Waals surface area contributed by atoms with Crippen molar-refractivity contribution < 1.29 is 4.74 Å². The first-order valence-electron chi connectivity index (χ1n) is 7.11. The Kier molecular flexibility index (Phi) is 8.50. The number of hydrogen-bond acceptors (Lipinski definition) is 2. The second-order valence-electron chi connectivity index (χ2n) is 4.76. The highest BCUT2D eigenvalue weighted by atomic mass is 79.9. The lowest BCUT2D eigenvalue weighted by Gasteiger charge is -2.12. The van der Waals surface area contributed by atoms with E-state index in [4.69, 9.17) is 4.74 Å². The molecule has 0 aliphatic rings. The Hall–Kier alpha value is -0.320. The maximum absolute atomic E-state index is 5.85. The number of benzene rings is 1. The lowest BCUT2D eigenvalue weighted by atomic mass is 10.1. The van der Waals surface area contributed by atoms with Gasteiger partial charge in [0.1, 0.15) is 5.75 Å². The minimum Gasteiger partial charge on any atom is -0.492 e. The molecule has 0 amide bonds. The van der Waals surface area contributed by atoms with Crippen LogP contribution in [0.3, 0.4) is 0 Å². The van der Waals surface area contributed by atoms with E-state index in [9.17, 15) is 0 Å². The topological polar surface area (TPSA) is 21.3 Å². The van der Waals surface area contributed by atoms with Gasteiger partial charge in [0.15, 0.2) is 0 Å². The average Bonchev–Trinajstić information content (AvgIpc) is 2.41. The van der Waals surface area contributed by atoms with Crippen LogP contribution in [0.5, 0.6) is 5.75 Å². The monoisotopic (exact) mass is 403 g/mol. The van der Waals surface area contributed by atoms with E-state index in [1.165, 1.54) is 0 Å². The fourth-order valence-electron chi connectivity index (χ4n) is 1.75. The van der Waals surface area contributed by atoms with Gasteiger partial charge in [-0.15, -0.1) is 0 Å². The minimum absolute atomic E-state index is 0.353. The summed E-state index contributed by atoms with van der Waals surface area (Å²) in [5.74, 6) is 0.911. The lowest BCUT2D eigenvalue weighted by Crippen LogP contribution is -2.24. The summed E-state index contributed by atoms with van der Waals surface area (Å²) in [6.45, 7) is 8.20. The van der Waals surface area contributed by atoms with Crippen LogP contribution in [0.15, 0.2) is 27.2 Å². The van der Waals surface area contributed by atoms with Crippen LogP contribution in [0.2, 0.25) is 0 Å². The third-order valence-corrected chi connectivity index (χ3v) is 3.82. The standard InChI is InChI=1S/C16H23Br2NO/c1-4-8-19-12(3)6-7-13-10-14(17)11-15(18)16(13)20-9-5-2/h6-7,10-12,19H,4-5,8-9H2,1-3H3/b7-6+. The fourth-order valence-corrected chi connectivity index (χ4v) is 3.12. The van der Waals surface area contributed by atoms with Crippen LogP contribution >= 0.6 is 31.9 Å². The predicted molar refractivity (Wildman–Crippen MR) is 94.4 cm³/mol. The van der Waals surface area contributed by atoms with Gasteiger partial charge < -0.3 is 10.1 Å². The van der Waals surface area contributed by atoms with Gasteiger partial charge in [0.2, 0.25) is 0 Å². The third-order valence-electron chi connectivity index (χ3n) is 2.77. The normalized spacial score (nSPS) is 12.8. The molecule has 4 heteroatoms. The second kappa shape index (κ2) is 9.59. The predicted octanol–water partition coefficient (Wildman–Crippen LogP) is 5.40. The second-order valence-corrected chi connectivity index (χ2v) is 6.53. The van der Waals surface area contributed by atoms with Crippen LogP contribution in [-0.4, -0.2) is 19.2 Å². The first kappa shape index (κ1) is 17.7. The number of rotatable bonds is 8. The maximum Gasteiger partial charge on any atom is 0.140 e. The molecule has 0 aliphatic carbocycles. The van der Waals surface area contributed by atoms with Gasteiger partial charge in [-0.25, -0.2) is 0 Å². The molecule has 20 heavy (non-hydrogen) atoms.